The molecule has 2 aromatic heterocycles. The maximum atomic E-state index is 13.1. The Kier molecular flexibility index (Phi) is 7.03. The van der Waals surface area contributed by atoms with E-state index in [0.29, 0.717) is 41.5 Å². The lowest BCUT2D eigenvalue weighted by Gasteiger charge is -2.33. The minimum absolute atomic E-state index is 0.136. The number of nitrogens with one attached hydrogen (secondary N) is 2. The number of hydrogen-bond donors (Lipinski definition) is 2. The Labute approximate surface area is 217 Å². The predicted molar refractivity (Wildman–Crippen MR) is 136 cm³/mol. The van der Waals surface area contributed by atoms with E-state index in [1.807, 2.05) is 54.6 Å². The molecule has 2 N–H and O–H groups in total. The van der Waals surface area contributed by atoms with Crippen molar-refractivity contribution in [3.63, 3.8) is 0 Å². The van der Waals surface area contributed by atoms with Gasteiger partial charge >= 0.3 is 6.18 Å². The average molecular weight is 519 g/mol. The molecule has 7 nitrogen and oxygen atoms in total. The minimum atomic E-state index is -4.52. The number of halogens is 3. The highest BCUT2D eigenvalue weighted by molar-refractivity contribution is 5.68. The van der Waals surface area contributed by atoms with Crippen molar-refractivity contribution in [3.05, 3.63) is 95.3 Å². The molecule has 194 valence electrons. The van der Waals surface area contributed by atoms with Gasteiger partial charge in [0, 0.05) is 18.8 Å². The lowest BCUT2D eigenvalue weighted by molar-refractivity contribution is -0.141. The summed E-state index contributed by atoms with van der Waals surface area (Å²) in [6.45, 7) is 1.16. The molecule has 5 rings (SSSR count). The normalized spacial score (nSPS) is 15.6. The third-order valence-corrected chi connectivity index (χ3v) is 6.47. The zero-order chi connectivity index (χ0) is 26.7. The van der Waals surface area contributed by atoms with E-state index in [9.17, 15) is 13.2 Å². The molecule has 4 aromatic rings. The van der Waals surface area contributed by atoms with Gasteiger partial charge in [-0.15, -0.1) is 0 Å². The van der Waals surface area contributed by atoms with E-state index in [2.05, 4.69) is 26.8 Å². The lowest BCUT2D eigenvalue weighted by Crippen LogP contribution is -2.43. The maximum absolute atomic E-state index is 13.1. The van der Waals surface area contributed by atoms with Crippen molar-refractivity contribution in [2.45, 2.75) is 24.7 Å². The third-order valence-electron chi connectivity index (χ3n) is 6.47. The number of aryl methyl sites for hydroxylation is 1. The highest BCUT2D eigenvalue weighted by atomic mass is 19.4. The molecule has 0 bridgehead atoms. The molecule has 0 unspecified atom stereocenters. The van der Waals surface area contributed by atoms with E-state index in [1.165, 1.54) is 17.9 Å². The number of ether oxygens (including phenoxy) is 1. The number of nitrogens with zero attached hydrogens (tertiary/aromatic N) is 4. The van der Waals surface area contributed by atoms with Crippen LogP contribution >= 0.6 is 0 Å². The molecule has 2 aromatic carbocycles. The summed E-state index contributed by atoms with van der Waals surface area (Å²) < 4.78 is 46.8. The number of pyridine rings is 1. The van der Waals surface area contributed by atoms with Crippen LogP contribution in [-0.4, -0.2) is 34.0 Å². The largest absolute Gasteiger partial charge is 0.469 e. The van der Waals surface area contributed by atoms with Crippen molar-refractivity contribution in [2.24, 2.45) is 7.05 Å². The van der Waals surface area contributed by atoms with E-state index < -0.39 is 11.9 Å². The van der Waals surface area contributed by atoms with Crippen LogP contribution in [0.25, 0.3) is 11.3 Å². The van der Waals surface area contributed by atoms with E-state index in [-0.39, 0.29) is 12.1 Å². The fraction of sp³-hybridized carbons (Fsp3) is 0.250. The Bertz CT molecular complexity index is 1440. The number of benzene rings is 2. The average Bonchev–Trinajstić information content (AvgIpc) is 3.33. The quantitative estimate of drug-likeness (QED) is 0.353. The summed E-state index contributed by atoms with van der Waals surface area (Å²) in [5.74, 6) is 0.387. The number of aromatic nitrogens is 3. The Morgan fingerprint density at radius 1 is 1.16 bits per heavy atom. The van der Waals surface area contributed by atoms with Crippen LogP contribution in [-0.2, 0) is 19.6 Å². The summed E-state index contributed by atoms with van der Waals surface area (Å²) in [5, 5.41) is 19.5. The monoisotopic (exact) mass is 518 g/mol. The standard InChI is InChI=1S/C28H25F3N6O/c1-37-23(14-25(36-37)28(29,30)31)21-13-22-27(35-16-21)38-24(17-34-22)26(20-5-3-2-4-6-20)33-12-11-18-7-9-19(15-32)10-8-18/h2-10,13-14,16,24,26,33-34H,11-12,17H2,1H3/t24-,26+/m0/s1. The molecule has 1 aliphatic heterocycles. The van der Waals surface area contributed by atoms with Crippen LogP contribution in [0.4, 0.5) is 18.9 Å². The van der Waals surface area contributed by atoms with E-state index in [1.54, 1.807) is 6.07 Å². The lowest BCUT2D eigenvalue weighted by atomic mass is 9.99. The molecule has 0 radical (unpaired) electrons. The molecular weight excluding hydrogens is 493 g/mol. The molecule has 3 heterocycles. The molecule has 38 heavy (non-hydrogen) atoms. The van der Waals surface area contributed by atoms with Crippen molar-refractivity contribution in [1.82, 2.24) is 20.1 Å². The summed E-state index contributed by atoms with van der Waals surface area (Å²) in [4.78, 5) is 4.42. The van der Waals surface area contributed by atoms with Crippen LogP contribution in [0.3, 0.4) is 0 Å². The van der Waals surface area contributed by atoms with Crippen LogP contribution in [0.2, 0.25) is 0 Å². The van der Waals surface area contributed by atoms with Crippen LogP contribution in [0.1, 0.15) is 28.4 Å². The Morgan fingerprint density at radius 2 is 1.92 bits per heavy atom. The van der Waals surface area contributed by atoms with Crippen molar-refractivity contribution in [1.29, 1.82) is 5.26 Å². The van der Waals surface area contributed by atoms with Gasteiger partial charge in [0.1, 0.15) is 6.10 Å². The van der Waals surface area contributed by atoms with Crippen LogP contribution in [0.5, 0.6) is 5.88 Å². The van der Waals surface area contributed by atoms with Crippen molar-refractivity contribution in [2.75, 3.05) is 18.4 Å². The Balaban J connectivity index is 1.32. The van der Waals surface area contributed by atoms with Crippen LogP contribution < -0.4 is 15.4 Å². The van der Waals surface area contributed by atoms with Crippen LogP contribution in [0, 0.1) is 11.3 Å². The summed E-state index contributed by atoms with van der Waals surface area (Å²) in [5.41, 5.74) is 3.28. The number of fused-ring (bicyclic) bond motifs is 1. The molecule has 0 saturated carbocycles. The fourth-order valence-corrected chi connectivity index (χ4v) is 4.51. The maximum Gasteiger partial charge on any atom is 0.435 e. The first-order chi connectivity index (χ1) is 18.3. The van der Waals surface area contributed by atoms with Gasteiger partial charge in [-0.3, -0.25) is 4.68 Å². The fourth-order valence-electron chi connectivity index (χ4n) is 4.51. The third kappa shape index (κ3) is 5.48. The number of anilines is 1. The van der Waals surface area contributed by atoms with Gasteiger partial charge in [0.25, 0.3) is 0 Å². The van der Waals surface area contributed by atoms with E-state index in [0.717, 1.165) is 23.6 Å². The Hall–Kier alpha value is -4.36. The number of rotatable bonds is 7. The molecule has 10 heteroatoms. The second-order valence-electron chi connectivity index (χ2n) is 9.05. The first-order valence-corrected chi connectivity index (χ1v) is 12.1. The number of hydrogen-bond acceptors (Lipinski definition) is 6. The molecule has 0 fully saturated rings. The summed E-state index contributed by atoms with van der Waals surface area (Å²) in [7, 11) is 1.47. The Morgan fingerprint density at radius 3 is 2.61 bits per heavy atom. The highest BCUT2D eigenvalue weighted by Crippen LogP contribution is 2.36. The van der Waals surface area contributed by atoms with Gasteiger partial charge in [0.2, 0.25) is 5.88 Å². The molecule has 0 amide bonds. The van der Waals surface area contributed by atoms with Crippen molar-refractivity contribution < 1.29 is 17.9 Å². The molecule has 0 saturated heterocycles. The van der Waals surface area contributed by atoms with Crippen molar-refractivity contribution in [3.8, 4) is 23.2 Å². The van der Waals surface area contributed by atoms with Gasteiger partial charge in [-0.1, -0.05) is 42.5 Å². The number of alkyl halides is 3. The SMILES string of the molecule is Cn1nc(C(F)(F)F)cc1-c1cnc2c(c1)NC[C@@H]([C@H](NCCc1ccc(C#N)cc1)c1ccccc1)O2. The highest BCUT2D eigenvalue weighted by Gasteiger charge is 2.35. The number of nitriles is 1. The van der Waals surface area contributed by atoms with Crippen molar-refractivity contribution >= 4 is 5.69 Å². The molecule has 0 aliphatic carbocycles. The predicted octanol–water partition coefficient (Wildman–Crippen LogP) is 5.12. The topological polar surface area (TPSA) is 87.8 Å². The van der Waals surface area contributed by atoms with E-state index >= 15 is 0 Å². The van der Waals surface area contributed by atoms with Gasteiger partial charge in [-0.25, -0.2) is 4.98 Å². The summed E-state index contributed by atoms with van der Waals surface area (Å²) in [6.07, 6.45) is -2.53. The van der Waals surface area contributed by atoms with Gasteiger partial charge in [-0.2, -0.15) is 23.5 Å². The molecule has 0 spiro atoms. The zero-order valence-electron chi connectivity index (χ0n) is 20.5. The molecule has 2 atom stereocenters. The van der Waals surface area contributed by atoms with Crippen LogP contribution in [0.15, 0.2) is 72.9 Å². The molecular formula is C28H25F3N6O. The van der Waals surface area contributed by atoms with Gasteiger partial charge < -0.3 is 15.4 Å². The van der Waals surface area contributed by atoms with Gasteiger partial charge in [-0.05, 0) is 48.4 Å². The minimum Gasteiger partial charge on any atom is -0.469 e. The summed E-state index contributed by atoms with van der Waals surface area (Å²) in [6, 6.07) is 22.2. The smallest absolute Gasteiger partial charge is 0.435 e. The van der Waals surface area contributed by atoms with E-state index in [4.69, 9.17) is 10.00 Å². The second-order valence-corrected chi connectivity index (χ2v) is 9.05. The van der Waals surface area contributed by atoms with Gasteiger partial charge in [0.15, 0.2) is 5.69 Å². The second kappa shape index (κ2) is 10.6. The zero-order valence-corrected chi connectivity index (χ0v) is 20.5. The molecule has 1 aliphatic rings. The first kappa shape index (κ1) is 25.3. The first-order valence-electron chi connectivity index (χ1n) is 12.1. The van der Waals surface area contributed by atoms with Gasteiger partial charge in [0.05, 0.1) is 35.6 Å². The summed E-state index contributed by atoms with van der Waals surface area (Å²) >= 11 is 0.